The summed E-state index contributed by atoms with van der Waals surface area (Å²) >= 11 is 0. The van der Waals surface area contributed by atoms with Crippen molar-refractivity contribution in [3.05, 3.63) is 30.1 Å². The third kappa shape index (κ3) is 4.97. The lowest BCUT2D eigenvalue weighted by Crippen LogP contribution is -2.46. The summed E-state index contributed by atoms with van der Waals surface area (Å²) in [5.74, 6) is -0.967. The number of amides is 1. The molecule has 0 saturated carbocycles. The van der Waals surface area contributed by atoms with Crippen LogP contribution in [0.5, 0.6) is 0 Å². The van der Waals surface area contributed by atoms with E-state index in [9.17, 15) is 19.8 Å². The highest BCUT2D eigenvalue weighted by atomic mass is 16.6. The molecule has 4 atom stereocenters. The van der Waals surface area contributed by atoms with Crippen LogP contribution in [0.2, 0.25) is 0 Å². The lowest BCUT2D eigenvalue weighted by molar-refractivity contribution is -0.765. The van der Waals surface area contributed by atoms with E-state index in [1.54, 1.807) is 12.3 Å². The minimum Gasteiger partial charge on any atom is -0.463 e. The van der Waals surface area contributed by atoms with Crippen molar-refractivity contribution in [3.8, 4) is 0 Å². The third-order valence-corrected chi connectivity index (χ3v) is 4.13. The molecule has 25 heavy (non-hydrogen) atoms. The van der Waals surface area contributed by atoms with Gasteiger partial charge >= 0.3 is 5.97 Å². The summed E-state index contributed by atoms with van der Waals surface area (Å²) in [6.07, 6.45) is 1.86. The van der Waals surface area contributed by atoms with Crippen molar-refractivity contribution in [2.24, 2.45) is 5.73 Å². The van der Waals surface area contributed by atoms with E-state index >= 15 is 0 Å². The van der Waals surface area contributed by atoms with Crippen LogP contribution >= 0.6 is 0 Å². The number of pyridine rings is 1. The fourth-order valence-electron chi connectivity index (χ4n) is 2.68. The highest BCUT2D eigenvalue weighted by molar-refractivity contribution is 5.92. The van der Waals surface area contributed by atoms with E-state index in [0.717, 1.165) is 19.3 Å². The van der Waals surface area contributed by atoms with Gasteiger partial charge in [0.2, 0.25) is 0 Å². The molecule has 8 heteroatoms. The average molecular weight is 353 g/mol. The Morgan fingerprint density at radius 3 is 2.76 bits per heavy atom. The maximum Gasteiger partial charge on any atom is 0.305 e. The van der Waals surface area contributed by atoms with Crippen LogP contribution in [-0.4, -0.2) is 47.0 Å². The van der Waals surface area contributed by atoms with Gasteiger partial charge in [-0.3, -0.25) is 9.59 Å². The predicted molar refractivity (Wildman–Crippen MR) is 86.2 cm³/mol. The number of primary amides is 1. The summed E-state index contributed by atoms with van der Waals surface area (Å²) in [4.78, 5) is 22.9. The number of carbonyl (C=O) groups excluding carboxylic acids is 2. The highest BCUT2D eigenvalue weighted by Crippen LogP contribution is 2.25. The van der Waals surface area contributed by atoms with Crippen molar-refractivity contribution in [2.75, 3.05) is 6.61 Å². The van der Waals surface area contributed by atoms with Gasteiger partial charge in [-0.1, -0.05) is 19.8 Å². The first-order valence-corrected chi connectivity index (χ1v) is 8.42. The smallest absolute Gasteiger partial charge is 0.305 e. The van der Waals surface area contributed by atoms with Gasteiger partial charge in [0.25, 0.3) is 12.1 Å². The van der Waals surface area contributed by atoms with Crippen LogP contribution in [0.25, 0.3) is 0 Å². The summed E-state index contributed by atoms with van der Waals surface area (Å²) in [6.45, 7) is 1.90. The Morgan fingerprint density at radius 2 is 2.08 bits per heavy atom. The van der Waals surface area contributed by atoms with Crippen LogP contribution in [0, 0.1) is 0 Å². The summed E-state index contributed by atoms with van der Waals surface area (Å²) in [7, 11) is 0. The molecule has 1 saturated heterocycles. The van der Waals surface area contributed by atoms with E-state index in [1.165, 1.54) is 16.8 Å². The van der Waals surface area contributed by atoms with Crippen molar-refractivity contribution >= 4 is 11.9 Å². The number of aliphatic hydroxyl groups excluding tert-OH is 2. The molecule has 1 aromatic rings. The van der Waals surface area contributed by atoms with E-state index in [-0.39, 0.29) is 18.1 Å². The number of ether oxygens (including phenoxy) is 2. The molecule has 0 bridgehead atoms. The molecule has 1 aromatic heterocycles. The fraction of sp³-hybridized carbons (Fsp3) is 0.588. The van der Waals surface area contributed by atoms with E-state index in [4.69, 9.17) is 15.2 Å². The molecule has 1 aliphatic rings. The second kappa shape index (κ2) is 8.89. The van der Waals surface area contributed by atoms with Crippen molar-refractivity contribution in [3.63, 3.8) is 0 Å². The Labute approximate surface area is 146 Å². The number of carbonyl (C=O) groups is 2. The number of hydrogen-bond acceptors (Lipinski definition) is 6. The molecular formula is C17H25N2O6+. The molecule has 0 aromatic carbocycles. The van der Waals surface area contributed by atoms with E-state index in [1.807, 2.05) is 6.92 Å². The predicted octanol–water partition coefficient (Wildman–Crippen LogP) is -0.184. The van der Waals surface area contributed by atoms with Gasteiger partial charge in [-0.25, -0.2) is 0 Å². The van der Waals surface area contributed by atoms with Crippen molar-refractivity contribution in [2.45, 2.75) is 57.1 Å². The number of aliphatic hydroxyl groups is 2. The summed E-state index contributed by atoms with van der Waals surface area (Å²) < 4.78 is 12.2. The Morgan fingerprint density at radius 1 is 1.32 bits per heavy atom. The molecule has 1 fully saturated rings. The maximum absolute atomic E-state index is 11.7. The minimum absolute atomic E-state index is 0.143. The zero-order valence-electron chi connectivity index (χ0n) is 14.2. The number of esters is 1. The largest absolute Gasteiger partial charge is 0.463 e. The van der Waals surface area contributed by atoms with Gasteiger partial charge in [-0.2, -0.15) is 4.57 Å². The molecule has 0 spiro atoms. The summed E-state index contributed by atoms with van der Waals surface area (Å²) in [6, 6.07) is 3.12. The normalized spacial score (nSPS) is 25.7. The molecule has 4 N–H and O–H groups in total. The zero-order chi connectivity index (χ0) is 18.4. The van der Waals surface area contributed by atoms with Crippen LogP contribution < -0.4 is 10.3 Å². The highest BCUT2D eigenvalue weighted by Gasteiger charge is 2.48. The van der Waals surface area contributed by atoms with E-state index in [2.05, 4.69) is 0 Å². The summed E-state index contributed by atoms with van der Waals surface area (Å²) in [5.41, 5.74) is 5.49. The molecule has 8 nitrogen and oxygen atoms in total. The first-order valence-electron chi connectivity index (χ1n) is 8.42. The molecule has 138 valence electrons. The van der Waals surface area contributed by atoms with Crippen molar-refractivity contribution < 1.29 is 33.8 Å². The number of hydrogen-bond donors (Lipinski definition) is 3. The number of rotatable bonds is 8. The first-order chi connectivity index (χ1) is 11.9. The van der Waals surface area contributed by atoms with E-state index in [0.29, 0.717) is 6.42 Å². The molecule has 0 aliphatic carbocycles. The molecule has 1 amide bonds. The van der Waals surface area contributed by atoms with Crippen LogP contribution in [0.4, 0.5) is 0 Å². The number of nitrogens with two attached hydrogens (primary N) is 1. The van der Waals surface area contributed by atoms with Gasteiger partial charge in [-0.15, -0.1) is 0 Å². The van der Waals surface area contributed by atoms with Crippen LogP contribution in [0.3, 0.4) is 0 Å². The standard InChI is InChI=1S/C17H24N2O6/c1-2-3-4-7-13(20)24-10-12-14(21)15(22)17(25-12)19-8-5-6-11(9-19)16(18)23/h5-6,8-9,12,14-15,17,21-22H,2-4,7,10H2,1H3,(H-,18,23)/p+1/t12-,14-,15-,17?/m1/s1. The van der Waals surface area contributed by atoms with Crippen LogP contribution in [-0.2, 0) is 14.3 Å². The number of aromatic nitrogens is 1. The lowest BCUT2D eigenvalue weighted by atomic mass is 10.1. The maximum atomic E-state index is 11.7. The first kappa shape index (κ1) is 19.3. The second-order valence-electron chi connectivity index (χ2n) is 6.09. The number of unbranched alkanes of at least 4 members (excludes halogenated alkanes) is 2. The Kier molecular flexibility index (Phi) is 6.86. The molecule has 2 rings (SSSR count). The molecule has 2 heterocycles. The Balaban J connectivity index is 1.95. The Bertz CT molecular complexity index is 609. The van der Waals surface area contributed by atoms with Gasteiger partial charge in [0.1, 0.15) is 24.4 Å². The lowest BCUT2D eigenvalue weighted by Gasteiger charge is -2.13. The molecule has 1 aliphatic heterocycles. The molecular weight excluding hydrogens is 328 g/mol. The molecule has 0 radical (unpaired) electrons. The van der Waals surface area contributed by atoms with Crippen molar-refractivity contribution in [1.82, 2.24) is 0 Å². The minimum atomic E-state index is -1.23. The van der Waals surface area contributed by atoms with Gasteiger partial charge < -0.3 is 25.4 Å². The second-order valence-corrected chi connectivity index (χ2v) is 6.09. The van der Waals surface area contributed by atoms with Crippen LogP contribution in [0.15, 0.2) is 24.5 Å². The van der Waals surface area contributed by atoms with Crippen LogP contribution in [0.1, 0.15) is 49.2 Å². The Hall–Kier alpha value is -2.03. The third-order valence-electron chi connectivity index (χ3n) is 4.13. The van der Waals surface area contributed by atoms with Gasteiger partial charge in [0.05, 0.1) is 0 Å². The molecule has 1 unspecified atom stereocenters. The zero-order valence-corrected chi connectivity index (χ0v) is 14.2. The fourth-order valence-corrected chi connectivity index (χ4v) is 2.68. The monoisotopic (exact) mass is 353 g/mol. The SMILES string of the molecule is CCCCCC(=O)OC[C@H]1OC([n+]2cccc(C(N)=O)c2)[C@H](O)[C@@H]1O. The average Bonchev–Trinajstić information content (AvgIpc) is 2.88. The van der Waals surface area contributed by atoms with Gasteiger partial charge in [-0.05, 0) is 12.5 Å². The summed E-state index contributed by atoms with van der Waals surface area (Å²) in [5, 5.41) is 20.3. The van der Waals surface area contributed by atoms with Gasteiger partial charge in [0.15, 0.2) is 18.5 Å². The number of nitrogens with zero attached hydrogens (tertiary/aromatic N) is 1. The topological polar surface area (TPSA) is 123 Å². The van der Waals surface area contributed by atoms with E-state index < -0.39 is 30.4 Å². The quantitative estimate of drug-likeness (QED) is 0.338. The van der Waals surface area contributed by atoms with Crippen molar-refractivity contribution in [1.29, 1.82) is 0 Å². The van der Waals surface area contributed by atoms with Gasteiger partial charge in [0, 0.05) is 12.5 Å².